The molecule has 0 unspecified atom stereocenters. The van der Waals surface area contributed by atoms with Gasteiger partial charge in [0.05, 0.1) is 0 Å². The predicted octanol–water partition coefficient (Wildman–Crippen LogP) is 0.581. The van der Waals surface area contributed by atoms with Gasteiger partial charge in [-0.25, -0.2) is 10.2 Å². The largest absolute Gasteiger partial charge is 0.481 e. The average Bonchev–Trinajstić information content (AvgIpc) is 2.43. The Labute approximate surface area is 115 Å². The number of benzene rings is 1. The molecule has 1 atom stereocenters. The summed E-state index contributed by atoms with van der Waals surface area (Å²) in [7, 11) is 1.41. The van der Waals surface area contributed by atoms with E-state index in [-0.39, 0.29) is 12.8 Å². The number of hydrazine groups is 1. The predicted molar refractivity (Wildman–Crippen MR) is 70.0 cm³/mol. The topological polar surface area (TPSA) is 107 Å². The third-order valence-electron chi connectivity index (χ3n) is 2.71. The Morgan fingerprint density at radius 3 is 2.25 bits per heavy atom. The van der Waals surface area contributed by atoms with Gasteiger partial charge in [-0.15, -0.1) is 0 Å². The summed E-state index contributed by atoms with van der Waals surface area (Å²) in [5.74, 6) is -2.89. The van der Waals surface area contributed by atoms with E-state index in [9.17, 15) is 14.4 Å². The lowest BCUT2D eigenvalue weighted by molar-refractivity contribution is -0.144. The van der Waals surface area contributed by atoms with Crippen molar-refractivity contribution in [1.29, 1.82) is 0 Å². The molecule has 0 aliphatic rings. The summed E-state index contributed by atoms with van der Waals surface area (Å²) in [5, 5.41) is 18.7. The summed E-state index contributed by atoms with van der Waals surface area (Å²) in [4.78, 5) is 34.0. The zero-order chi connectivity index (χ0) is 15.1. The van der Waals surface area contributed by atoms with Crippen molar-refractivity contribution in [3.63, 3.8) is 0 Å². The van der Waals surface area contributed by atoms with E-state index >= 15 is 0 Å². The van der Waals surface area contributed by atoms with Crippen molar-refractivity contribution >= 4 is 17.8 Å². The molecule has 1 rings (SSSR count). The van der Waals surface area contributed by atoms with E-state index < -0.39 is 23.9 Å². The van der Waals surface area contributed by atoms with Crippen LogP contribution in [0.4, 0.5) is 0 Å². The van der Waals surface area contributed by atoms with Gasteiger partial charge >= 0.3 is 11.9 Å². The van der Waals surface area contributed by atoms with E-state index in [0.717, 1.165) is 5.01 Å². The average molecular weight is 280 g/mol. The zero-order valence-corrected chi connectivity index (χ0v) is 10.9. The molecule has 0 radical (unpaired) electrons. The lowest BCUT2D eigenvalue weighted by atomic mass is 10.1. The first-order valence-corrected chi connectivity index (χ1v) is 5.98. The number of nitrogens with zero attached hydrogens (tertiary/aromatic N) is 1. The zero-order valence-electron chi connectivity index (χ0n) is 10.9. The molecule has 1 amide bonds. The normalized spacial score (nSPS) is 11.7. The number of rotatable bonds is 7. The van der Waals surface area contributed by atoms with Gasteiger partial charge in [-0.2, -0.15) is 0 Å². The van der Waals surface area contributed by atoms with Crippen LogP contribution in [0.25, 0.3) is 0 Å². The molecule has 0 saturated carbocycles. The summed E-state index contributed by atoms with van der Waals surface area (Å²) in [6, 6.07) is 6.93. The van der Waals surface area contributed by atoms with E-state index in [0.29, 0.717) is 5.56 Å². The fourth-order valence-corrected chi connectivity index (χ4v) is 1.74. The van der Waals surface area contributed by atoms with Gasteiger partial charge in [-0.1, -0.05) is 18.2 Å². The van der Waals surface area contributed by atoms with Crippen molar-refractivity contribution in [2.75, 3.05) is 7.05 Å². The minimum absolute atomic E-state index is 0.177. The molecule has 0 aromatic heterocycles. The SMILES string of the molecule is CNN(C(=O)c1ccccc1)[C@@H](CCC(=O)O)C(=O)O. The molecule has 3 N–H and O–H groups in total. The van der Waals surface area contributed by atoms with Crippen LogP contribution >= 0.6 is 0 Å². The Morgan fingerprint density at radius 2 is 1.80 bits per heavy atom. The summed E-state index contributed by atoms with van der Waals surface area (Å²) < 4.78 is 0. The molecular formula is C13H16N2O5. The van der Waals surface area contributed by atoms with Gasteiger partial charge in [0.1, 0.15) is 6.04 Å². The molecule has 0 bridgehead atoms. The Bertz CT molecular complexity index is 489. The van der Waals surface area contributed by atoms with Crippen molar-refractivity contribution in [2.24, 2.45) is 0 Å². The molecular weight excluding hydrogens is 264 g/mol. The monoisotopic (exact) mass is 280 g/mol. The number of amides is 1. The molecule has 0 aliphatic carbocycles. The molecule has 20 heavy (non-hydrogen) atoms. The minimum atomic E-state index is -1.26. The smallest absolute Gasteiger partial charge is 0.328 e. The Kier molecular flexibility index (Phi) is 5.67. The van der Waals surface area contributed by atoms with Gasteiger partial charge in [0.25, 0.3) is 5.91 Å². The van der Waals surface area contributed by atoms with Crippen LogP contribution in [0, 0.1) is 0 Å². The molecule has 1 aromatic rings. The van der Waals surface area contributed by atoms with E-state index in [1.807, 2.05) is 0 Å². The van der Waals surface area contributed by atoms with Crippen LogP contribution in [0.3, 0.4) is 0 Å². The first kappa shape index (κ1) is 15.6. The maximum absolute atomic E-state index is 12.2. The second-order valence-electron chi connectivity index (χ2n) is 4.05. The van der Waals surface area contributed by atoms with Gasteiger partial charge in [0.15, 0.2) is 0 Å². The number of hydrogen-bond donors (Lipinski definition) is 3. The van der Waals surface area contributed by atoms with Crippen LogP contribution in [0.15, 0.2) is 30.3 Å². The molecule has 0 aliphatic heterocycles. The van der Waals surface area contributed by atoms with Crippen LogP contribution in [0.5, 0.6) is 0 Å². The van der Waals surface area contributed by atoms with Crippen LogP contribution in [-0.2, 0) is 9.59 Å². The summed E-state index contributed by atoms with van der Waals surface area (Å²) in [6.07, 6.45) is -0.513. The molecule has 7 nitrogen and oxygen atoms in total. The maximum atomic E-state index is 12.2. The van der Waals surface area contributed by atoms with Crippen molar-refractivity contribution in [1.82, 2.24) is 10.4 Å². The minimum Gasteiger partial charge on any atom is -0.481 e. The lowest BCUT2D eigenvalue weighted by Crippen LogP contribution is -2.51. The molecule has 7 heteroatoms. The molecule has 1 aromatic carbocycles. The third-order valence-corrected chi connectivity index (χ3v) is 2.71. The van der Waals surface area contributed by atoms with Crippen molar-refractivity contribution in [2.45, 2.75) is 18.9 Å². The number of carbonyl (C=O) groups is 3. The summed E-state index contributed by atoms with van der Waals surface area (Å²) in [5.41, 5.74) is 2.84. The highest BCUT2D eigenvalue weighted by molar-refractivity contribution is 5.96. The van der Waals surface area contributed by atoms with Crippen molar-refractivity contribution in [3.05, 3.63) is 35.9 Å². The Hall–Kier alpha value is -2.41. The van der Waals surface area contributed by atoms with E-state index in [2.05, 4.69) is 5.43 Å². The first-order valence-electron chi connectivity index (χ1n) is 5.98. The second kappa shape index (κ2) is 7.25. The fourth-order valence-electron chi connectivity index (χ4n) is 1.74. The van der Waals surface area contributed by atoms with E-state index in [4.69, 9.17) is 10.2 Å². The van der Waals surface area contributed by atoms with Crippen molar-refractivity contribution < 1.29 is 24.6 Å². The van der Waals surface area contributed by atoms with Gasteiger partial charge in [-0.3, -0.25) is 14.6 Å². The maximum Gasteiger partial charge on any atom is 0.328 e. The van der Waals surface area contributed by atoms with Crippen LogP contribution in [0.2, 0.25) is 0 Å². The second-order valence-corrected chi connectivity index (χ2v) is 4.05. The van der Waals surface area contributed by atoms with Gasteiger partial charge in [0, 0.05) is 19.0 Å². The third kappa shape index (κ3) is 4.06. The lowest BCUT2D eigenvalue weighted by Gasteiger charge is -2.27. The summed E-state index contributed by atoms with van der Waals surface area (Å²) >= 11 is 0. The quantitative estimate of drug-likeness (QED) is 0.631. The highest BCUT2D eigenvalue weighted by atomic mass is 16.4. The fraction of sp³-hybridized carbons (Fsp3) is 0.308. The molecule has 0 saturated heterocycles. The standard InChI is InChI=1S/C13H16N2O5/c1-14-15(10(13(19)20)7-8-11(16)17)12(18)9-5-3-2-4-6-9/h2-6,10,14H,7-8H2,1H3,(H,16,17)(H,19,20)/t10-/m0/s1. The number of carboxylic acid groups (broad SMARTS) is 2. The van der Waals surface area contributed by atoms with Crippen LogP contribution in [-0.4, -0.2) is 46.2 Å². The number of hydrogen-bond acceptors (Lipinski definition) is 4. The van der Waals surface area contributed by atoms with Gasteiger partial charge in [0.2, 0.25) is 0 Å². The van der Waals surface area contributed by atoms with Crippen LogP contribution < -0.4 is 5.43 Å². The number of carbonyl (C=O) groups excluding carboxylic acids is 1. The summed E-state index contributed by atoms with van der Waals surface area (Å²) in [6.45, 7) is 0. The molecule has 0 spiro atoms. The molecule has 0 heterocycles. The van der Waals surface area contributed by atoms with Crippen LogP contribution in [0.1, 0.15) is 23.2 Å². The van der Waals surface area contributed by atoms with E-state index in [1.54, 1.807) is 30.3 Å². The van der Waals surface area contributed by atoms with E-state index in [1.165, 1.54) is 7.05 Å². The number of carboxylic acids is 2. The Balaban J connectivity index is 2.92. The first-order chi connectivity index (χ1) is 9.47. The number of aliphatic carboxylic acids is 2. The van der Waals surface area contributed by atoms with Crippen molar-refractivity contribution in [3.8, 4) is 0 Å². The molecule has 0 fully saturated rings. The molecule has 108 valence electrons. The highest BCUT2D eigenvalue weighted by Crippen LogP contribution is 2.11. The van der Waals surface area contributed by atoms with Gasteiger partial charge in [-0.05, 0) is 18.6 Å². The highest BCUT2D eigenvalue weighted by Gasteiger charge is 2.30. The van der Waals surface area contributed by atoms with Gasteiger partial charge < -0.3 is 10.2 Å². The number of nitrogens with one attached hydrogen (secondary N) is 1. The Morgan fingerprint density at radius 1 is 1.20 bits per heavy atom.